The molecule has 1 saturated heterocycles. The number of likely N-dealkylation sites (tertiary alicyclic amines) is 1. The first-order valence-electron chi connectivity index (χ1n) is 5.73. The van der Waals surface area contributed by atoms with Crippen LogP contribution in [0, 0.1) is 0 Å². The molecule has 1 fully saturated rings. The van der Waals surface area contributed by atoms with E-state index in [1.54, 1.807) is 6.07 Å². The first kappa shape index (κ1) is 13.5. The van der Waals surface area contributed by atoms with Crippen molar-refractivity contribution in [3.8, 4) is 0 Å². The Kier molecular flexibility index (Phi) is 4.16. The number of carbonyl (C=O) groups excluding carboxylic acids is 2. The van der Waals surface area contributed by atoms with Crippen molar-refractivity contribution in [2.24, 2.45) is 0 Å². The minimum Gasteiger partial charge on any atom is -0.477 e. The van der Waals surface area contributed by atoms with Crippen molar-refractivity contribution in [2.45, 2.75) is 17.7 Å². The van der Waals surface area contributed by atoms with Crippen LogP contribution in [0.25, 0.3) is 0 Å². The van der Waals surface area contributed by atoms with Crippen LogP contribution in [0.15, 0.2) is 23.2 Å². The average Bonchev–Trinajstić information content (AvgIpc) is 2.82. The molecule has 2 heterocycles. The molecular weight excluding hydrogens is 268 g/mol. The fraction of sp³-hybridized carbons (Fsp3) is 0.333. The summed E-state index contributed by atoms with van der Waals surface area (Å²) < 4.78 is 0. The monoisotopic (exact) mass is 280 g/mol. The number of carbonyl (C=O) groups is 3. The topological polar surface area (TPSA) is 87.6 Å². The summed E-state index contributed by atoms with van der Waals surface area (Å²) in [6.45, 7) is 0.481. The molecule has 0 spiro atoms. The molecule has 0 radical (unpaired) electrons. The summed E-state index contributed by atoms with van der Waals surface area (Å²) in [5.41, 5.74) is -0.0605. The summed E-state index contributed by atoms with van der Waals surface area (Å²) in [4.78, 5) is 39.5. The highest BCUT2D eigenvalue weighted by molar-refractivity contribution is 8.00. The molecule has 2 amide bonds. The van der Waals surface area contributed by atoms with Crippen molar-refractivity contribution in [3.63, 3.8) is 0 Å². The molecule has 1 aromatic heterocycles. The van der Waals surface area contributed by atoms with Crippen LogP contribution in [-0.4, -0.2) is 45.1 Å². The summed E-state index contributed by atoms with van der Waals surface area (Å²) in [6, 6.07) is 3.04. The molecule has 100 valence electrons. The van der Waals surface area contributed by atoms with Crippen LogP contribution in [0.1, 0.15) is 23.3 Å². The summed E-state index contributed by atoms with van der Waals surface area (Å²) >= 11 is 1.20. The number of aromatic nitrogens is 1. The fourth-order valence-electron chi connectivity index (χ4n) is 1.75. The third kappa shape index (κ3) is 3.31. The minimum absolute atomic E-state index is 0.0605. The Bertz CT molecular complexity index is 532. The number of hydrogen-bond donors (Lipinski definition) is 1. The third-order valence-electron chi connectivity index (χ3n) is 2.69. The average molecular weight is 280 g/mol. The highest BCUT2D eigenvalue weighted by Crippen LogP contribution is 2.20. The molecular formula is C12H12N2O4S. The maximum atomic E-state index is 11.8. The van der Waals surface area contributed by atoms with E-state index in [0.717, 1.165) is 0 Å². The molecule has 2 rings (SSSR count). The van der Waals surface area contributed by atoms with Crippen molar-refractivity contribution in [1.29, 1.82) is 0 Å². The summed E-state index contributed by atoms with van der Waals surface area (Å²) in [5, 5.41) is 8.80. The lowest BCUT2D eigenvalue weighted by Gasteiger charge is -2.12. The lowest BCUT2D eigenvalue weighted by molar-refractivity contribution is -0.140. The van der Waals surface area contributed by atoms with Crippen LogP contribution in [0.4, 0.5) is 0 Å². The standard InChI is InChI=1S/C12H12N2O4S/c15-10-2-1-5-14(10)11(16)7-19-8-3-4-13-9(6-8)12(17)18/h3-4,6H,1-2,5,7H2,(H,17,18). The highest BCUT2D eigenvalue weighted by Gasteiger charge is 2.26. The molecule has 1 aliphatic heterocycles. The molecule has 0 atom stereocenters. The number of amides is 2. The lowest BCUT2D eigenvalue weighted by atomic mass is 10.3. The van der Waals surface area contributed by atoms with Crippen LogP contribution in [-0.2, 0) is 9.59 Å². The largest absolute Gasteiger partial charge is 0.477 e. The first-order valence-corrected chi connectivity index (χ1v) is 6.72. The van der Waals surface area contributed by atoms with E-state index in [1.165, 1.54) is 28.9 Å². The lowest BCUT2D eigenvalue weighted by Crippen LogP contribution is -2.33. The number of aromatic carboxylic acids is 1. The van der Waals surface area contributed by atoms with Gasteiger partial charge in [-0.2, -0.15) is 0 Å². The molecule has 1 aromatic rings. The van der Waals surface area contributed by atoms with Gasteiger partial charge in [-0.05, 0) is 18.6 Å². The first-order chi connectivity index (χ1) is 9.08. The summed E-state index contributed by atoms with van der Waals surface area (Å²) in [6.07, 6.45) is 2.53. The number of nitrogens with zero attached hydrogens (tertiary/aromatic N) is 2. The SMILES string of the molecule is O=C(O)c1cc(SCC(=O)N2CCCC2=O)ccn1. The highest BCUT2D eigenvalue weighted by atomic mass is 32.2. The van der Waals surface area contributed by atoms with Crippen LogP contribution < -0.4 is 0 Å². The van der Waals surface area contributed by atoms with Gasteiger partial charge in [0.1, 0.15) is 5.69 Å². The van der Waals surface area contributed by atoms with Gasteiger partial charge in [-0.15, -0.1) is 11.8 Å². The van der Waals surface area contributed by atoms with Gasteiger partial charge in [0.25, 0.3) is 0 Å². The van der Waals surface area contributed by atoms with Crippen LogP contribution in [0.2, 0.25) is 0 Å². The zero-order valence-electron chi connectivity index (χ0n) is 10.0. The molecule has 0 unspecified atom stereocenters. The van der Waals surface area contributed by atoms with E-state index in [-0.39, 0.29) is 23.3 Å². The Balaban J connectivity index is 1.95. The Morgan fingerprint density at radius 3 is 2.89 bits per heavy atom. The van der Waals surface area contributed by atoms with E-state index in [9.17, 15) is 14.4 Å². The smallest absolute Gasteiger partial charge is 0.354 e. The number of pyridine rings is 1. The molecule has 19 heavy (non-hydrogen) atoms. The molecule has 1 aliphatic rings. The second kappa shape index (κ2) is 5.83. The quantitative estimate of drug-likeness (QED) is 0.828. The van der Waals surface area contributed by atoms with E-state index in [1.807, 2.05) is 0 Å². The molecule has 0 aromatic carbocycles. The van der Waals surface area contributed by atoms with Gasteiger partial charge in [0.2, 0.25) is 11.8 Å². The normalized spacial score (nSPS) is 14.7. The molecule has 0 saturated carbocycles. The maximum Gasteiger partial charge on any atom is 0.354 e. The van der Waals surface area contributed by atoms with Gasteiger partial charge in [-0.3, -0.25) is 14.5 Å². The van der Waals surface area contributed by atoms with Crippen molar-refractivity contribution in [3.05, 3.63) is 24.0 Å². The number of rotatable bonds is 4. The maximum absolute atomic E-state index is 11.8. The second-order valence-electron chi connectivity index (χ2n) is 4.01. The molecule has 6 nitrogen and oxygen atoms in total. The second-order valence-corrected chi connectivity index (χ2v) is 5.06. The zero-order chi connectivity index (χ0) is 13.8. The predicted molar refractivity (Wildman–Crippen MR) is 67.9 cm³/mol. The number of imide groups is 1. The summed E-state index contributed by atoms with van der Waals surface area (Å²) in [5.74, 6) is -1.36. The number of thioether (sulfide) groups is 1. The van der Waals surface area contributed by atoms with Gasteiger partial charge < -0.3 is 5.11 Å². The van der Waals surface area contributed by atoms with Crippen molar-refractivity contribution >= 4 is 29.5 Å². The van der Waals surface area contributed by atoms with Crippen molar-refractivity contribution in [2.75, 3.05) is 12.3 Å². The predicted octanol–water partition coefficient (Wildman–Crippen LogP) is 1.02. The van der Waals surface area contributed by atoms with Gasteiger partial charge in [-0.1, -0.05) is 0 Å². The van der Waals surface area contributed by atoms with E-state index < -0.39 is 5.97 Å². The minimum atomic E-state index is -1.11. The zero-order valence-corrected chi connectivity index (χ0v) is 10.9. The van der Waals surface area contributed by atoms with Gasteiger partial charge >= 0.3 is 5.97 Å². The number of hydrogen-bond acceptors (Lipinski definition) is 5. The van der Waals surface area contributed by atoms with E-state index in [4.69, 9.17) is 5.11 Å². The molecule has 0 bridgehead atoms. The number of carboxylic acids is 1. The Morgan fingerprint density at radius 1 is 1.47 bits per heavy atom. The van der Waals surface area contributed by atoms with Crippen molar-refractivity contribution < 1.29 is 19.5 Å². The van der Waals surface area contributed by atoms with Crippen LogP contribution >= 0.6 is 11.8 Å². The van der Waals surface area contributed by atoms with E-state index >= 15 is 0 Å². The molecule has 1 N–H and O–H groups in total. The van der Waals surface area contributed by atoms with Crippen LogP contribution in [0.3, 0.4) is 0 Å². The van der Waals surface area contributed by atoms with Crippen molar-refractivity contribution in [1.82, 2.24) is 9.88 Å². The van der Waals surface area contributed by atoms with Gasteiger partial charge in [-0.25, -0.2) is 9.78 Å². The fourth-order valence-corrected chi connectivity index (χ4v) is 2.55. The van der Waals surface area contributed by atoms with Crippen LogP contribution in [0.5, 0.6) is 0 Å². The Hall–Kier alpha value is -1.89. The molecule has 0 aliphatic carbocycles. The van der Waals surface area contributed by atoms with E-state index in [0.29, 0.717) is 24.3 Å². The summed E-state index contributed by atoms with van der Waals surface area (Å²) in [7, 11) is 0. The third-order valence-corrected chi connectivity index (χ3v) is 3.67. The Morgan fingerprint density at radius 2 is 2.26 bits per heavy atom. The Labute approximate surface area is 113 Å². The van der Waals surface area contributed by atoms with Gasteiger partial charge in [0, 0.05) is 24.1 Å². The van der Waals surface area contributed by atoms with Gasteiger partial charge in [0.05, 0.1) is 5.75 Å². The molecule has 7 heteroatoms. The van der Waals surface area contributed by atoms with Gasteiger partial charge in [0.15, 0.2) is 0 Å². The number of carboxylic acid groups (broad SMARTS) is 1. The van der Waals surface area contributed by atoms with E-state index in [2.05, 4.69) is 4.98 Å².